The van der Waals surface area contributed by atoms with E-state index in [1.807, 2.05) is 0 Å². The van der Waals surface area contributed by atoms with Gasteiger partial charge < -0.3 is 10.2 Å². The summed E-state index contributed by atoms with van der Waals surface area (Å²) in [7, 11) is 0. The van der Waals surface area contributed by atoms with E-state index in [1.165, 1.54) is 4.90 Å². The van der Waals surface area contributed by atoms with Gasteiger partial charge in [-0.15, -0.1) is 11.6 Å². The zero-order valence-electron chi connectivity index (χ0n) is 15.8. The van der Waals surface area contributed by atoms with Crippen molar-refractivity contribution in [2.45, 2.75) is 44.0 Å². The Kier molecular flexibility index (Phi) is 6.34. The van der Waals surface area contributed by atoms with Gasteiger partial charge in [-0.1, -0.05) is 12.1 Å². The van der Waals surface area contributed by atoms with Crippen molar-refractivity contribution in [2.75, 3.05) is 19.6 Å². The van der Waals surface area contributed by atoms with Crippen LogP contribution in [0.1, 0.15) is 53.3 Å². The number of nitrogens with one attached hydrogen (secondary N) is 1. The van der Waals surface area contributed by atoms with Crippen molar-refractivity contribution in [1.29, 1.82) is 0 Å². The molecule has 0 aliphatic carbocycles. The summed E-state index contributed by atoms with van der Waals surface area (Å²) in [5, 5.41) is 2.44. The van der Waals surface area contributed by atoms with E-state index in [9.17, 15) is 19.2 Å². The average Bonchev–Trinajstić information content (AvgIpc) is 2.93. The van der Waals surface area contributed by atoms with Crippen LogP contribution in [0.5, 0.6) is 0 Å². The molecule has 0 saturated carbocycles. The number of halogens is 1. The Morgan fingerprint density at radius 2 is 1.71 bits per heavy atom. The van der Waals surface area contributed by atoms with Crippen molar-refractivity contribution in [3.05, 3.63) is 35.4 Å². The summed E-state index contributed by atoms with van der Waals surface area (Å²) in [4.78, 5) is 51.6. The molecule has 3 rings (SSSR count). The highest BCUT2D eigenvalue weighted by Crippen LogP contribution is 2.22. The predicted molar refractivity (Wildman–Crippen MR) is 104 cm³/mol. The molecule has 1 aromatic rings. The lowest BCUT2D eigenvalue weighted by molar-refractivity contribution is -0.131. The van der Waals surface area contributed by atoms with Crippen LogP contribution in [-0.2, 0) is 9.59 Å². The minimum Gasteiger partial charge on any atom is -0.353 e. The molecule has 0 spiro atoms. The maximum atomic E-state index is 12.3. The Morgan fingerprint density at radius 3 is 2.25 bits per heavy atom. The van der Waals surface area contributed by atoms with Gasteiger partial charge in [-0.2, -0.15) is 0 Å². The monoisotopic (exact) mass is 405 g/mol. The lowest BCUT2D eigenvalue weighted by Crippen LogP contribution is -2.48. The van der Waals surface area contributed by atoms with E-state index in [2.05, 4.69) is 5.32 Å². The summed E-state index contributed by atoms with van der Waals surface area (Å²) in [6.07, 6.45) is 2.04. The van der Waals surface area contributed by atoms with Crippen molar-refractivity contribution in [1.82, 2.24) is 15.1 Å². The molecule has 150 valence electrons. The third kappa shape index (κ3) is 4.35. The Morgan fingerprint density at radius 1 is 1.14 bits per heavy atom. The summed E-state index contributed by atoms with van der Waals surface area (Å²) < 4.78 is 0. The van der Waals surface area contributed by atoms with Crippen LogP contribution in [0.15, 0.2) is 24.3 Å². The lowest BCUT2D eigenvalue weighted by atomic mass is 10.0. The predicted octanol–water partition coefficient (Wildman–Crippen LogP) is 1.80. The zero-order valence-corrected chi connectivity index (χ0v) is 16.6. The summed E-state index contributed by atoms with van der Waals surface area (Å²) >= 11 is 5.83. The molecule has 1 aromatic carbocycles. The molecule has 1 fully saturated rings. The van der Waals surface area contributed by atoms with Crippen LogP contribution < -0.4 is 5.32 Å². The van der Waals surface area contributed by atoms with Gasteiger partial charge in [0.1, 0.15) is 5.38 Å². The van der Waals surface area contributed by atoms with E-state index < -0.39 is 5.38 Å². The minimum atomic E-state index is -0.534. The fourth-order valence-corrected chi connectivity index (χ4v) is 3.77. The van der Waals surface area contributed by atoms with Crippen LogP contribution in [0, 0.1) is 0 Å². The minimum absolute atomic E-state index is 0.0292. The molecular formula is C20H24ClN3O4. The molecule has 1 unspecified atom stereocenters. The highest BCUT2D eigenvalue weighted by molar-refractivity contribution is 6.30. The molecule has 0 bridgehead atoms. The number of amides is 4. The number of nitrogens with zero attached hydrogens (tertiary/aromatic N) is 2. The third-order valence-electron chi connectivity index (χ3n) is 5.18. The maximum absolute atomic E-state index is 12.3. The van der Waals surface area contributed by atoms with Crippen LogP contribution in [0.4, 0.5) is 0 Å². The molecule has 0 aromatic heterocycles. The Bertz CT molecular complexity index is 752. The Labute approximate surface area is 169 Å². The lowest BCUT2D eigenvalue weighted by Gasteiger charge is -2.33. The molecule has 1 N–H and O–H groups in total. The SMILES string of the molecule is CC(Cl)C(=O)N1CCC(NC(=O)CCCN2C(=O)c3ccccc3C2=O)CC1. The van der Waals surface area contributed by atoms with E-state index in [0.29, 0.717) is 43.5 Å². The quantitative estimate of drug-likeness (QED) is 0.577. The summed E-state index contributed by atoms with van der Waals surface area (Å²) in [5.74, 6) is -0.780. The number of alkyl halides is 1. The highest BCUT2D eigenvalue weighted by atomic mass is 35.5. The number of hydrogen-bond donors (Lipinski definition) is 1. The highest BCUT2D eigenvalue weighted by Gasteiger charge is 2.34. The van der Waals surface area contributed by atoms with Crippen molar-refractivity contribution >= 4 is 35.2 Å². The van der Waals surface area contributed by atoms with Crippen LogP contribution in [0.3, 0.4) is 0 Å². The van der Waals surface area contributed by atoms with Gasteiger partial charge in [0.2, 0.25) is 11.8 Å². The maximum Gasteiger partial charge on any atom is 0.261 e. The van der Waals surface area contributed by atoms with Gasteiger partial charge in [0.15, 0.2) is 0 Å². The number of benzene rings is 1. The fraction of sp³-hybridized carbons (Fsp3) is 0.500. The second-order valence-electron chi connectivity index (χ2n) is 7.19. The number of carbonyl (C=O) groups is 4. The molecule has 4 amide bonds. The molecule has 2 aliphatic rings. The second-order valence-corrected chi connectivity index (χ2v) is 7.85. The van der Waals surface area contributed by atoms with Crippen LogP contribution in [-0.4, -0.2) is 64.5 Å². The first-order chi connectivity index (χ1) is 13.4. The first-order valence-corrected chi connectivity index (χ1v) is 9.99. The van der Waals surface area contributed by atoms with Crippen LogP contribution >= 0.6 is 11.6 Å². The molecular weight excluding hydrogens is 382 g/mol. The van der Waals surface area contributed by atoms with Gasteiger partial charge in [0, 0.05) is 32.1 Å². The van der Waals surface area contributed by atoms with Crippen LogP contribution in [0.2, 0.25) is 0 Å². The number of fused-ring (bicyclic) bond motifs is 1. The summed E-state index contributed by atoms with van der Waals surface area (Å²) in [6, 6.07) is 6.78. The van der Waals surface area contributed by atoms with Crippen molar-refractivity contribution in [3.63, 3.8) is 0 Å². The number of carbonyl (C=O) groups excluding carboxylic acids is 4. The van der Waals surface area contributed by atoms with Gasteiger partial charge in [0.25, 0.3) is 11.8 Å². The summed E-state index contributed by atoms with van der Waals surface area (Å²) in [5.41, 5.74) is 0.842. The molecule has 0 radical (unpaired) electrons. The number of hydrogen-bond acceptors (Lipinski definition) is 4. The van der Waals surface area contributed by atoms with E-state index in [-0.39, 0.29) is 42.6 Å². The molecule has 1 saturated heterocycles. The Balaban J connectivity index is 1.40. The fourth-order valence-electron chi connectivity index (χ4n) is 3.64. The first kappa shape index (κ1) is 20.3. The van der Waals surface area contributed by atoms with Crippen molar-refractivity contribution in [3.8, 4) is 0 Å². The van der Waals surface area contributed by atoms with Crippen molar-refractivity contribution in [2.24, 2.45) is 0 Å². The topological polar surface area (TPSA) is 86.8 Å². The molecule has 2 heterocycles. The van der Waals surface area contributed by atoms with Gasteiger partial charge in [-0.3, -0.25) is 24.1 Å². The molecule has 1 atom stereocenters. The van der Waals surface area contributed by atoms with Gasteiger partial charge in [-0.05, 0) is 38.3 Å². The van der Waals surface area contributed by atoms with Crippen LogP contribution in [0.25, 0.3) is 0 Å². The number of likely N-dealkylation sites (tertiary alicyclic amines) is 1. The number of piperidine rings is 1. The van der Waals surface area contributed by atoms with E-state index in [0.717, 1.165) is 0 Å². The van der Waals surface area contributed by atoms with Gasteiger partial charge in [0.05, 0.1) is 11.1 Å². The van der Waals surface area contributed by atoms with E-state index in [1.54, 1.807) is 36.1 Å². The Hall–Kier alpha value is -2.41. The number of imide groups is 1. The zero-order chi connectivity index (χ0) is 20.3. The molecule has 7 nitrogen and oxygen atoms in total. The first-order valence-electron chi connectivity index (χ1n) is 9.56. The second kappa shape index (κ2) is 8.73. The van der Waals surface area contributed by atoms with Gasteiger partial charge >= 0.3 is 0 Å². The van der Waals surface area contributed by atoms with Gasteiger partial charge in [-0.25, -0.2) is 0 Å². The van der Waals surface area contributed by atoms with E-state index >= 15 is 0 Å². The third-order valence-corrected chi connectivity index (χ3v) is 5.36. The van der Waals surface area contributed by atoms with E-state index in [4.69, 9.17) is 11.6 Å². The average molecular weight is 406 g/mol. The molecule has 8 heteroatoms. The largest absolute Gasteiger partial charge is 0.353 e. The normalized spacial score (nSPS) is 18.2. The molecule has 28 heavy (non-hydrogen) atoms. The number of rotatable bonds is 6. The molecule has 2 aliphatic heterocycles. The van der Waals surface area contributed by atoms with Crippen molar-refractivity contribution < 1.29 is 19.2 Å². The standard InChI is InChI=1S/C20H24ClN3O4/c1-13(21)18(26)23-11-8-14(9-12-23)22-17(25)7-4-10-24-19(27)15-5-2-3-6-16(15)20(24)28/h2-3,5-6,13-14H,4,7-12H2,1H3,(H,22,25). The summed E-state index contributed by atoms with van der Waals surface area (Å²) in [6.45, 7) is 3.04. The smallest absolute Gasteiger partial charge is 0.261 e.